The molecule has 1 aromatic carbocycles. The summed E-state index contributed by atoms with van der Waals surface area (Å²) < 4.78 is 0. The lowest BCUT2D eigenvalue weighted by molar-refractivity contribution is -0.131. The lowest BCUT2D eigenvalue weighted by Crippen LogP contribution is -1.96. The van der Waals surface area contributed by atoms with Crippen LogP contribution in [0.2, 0.25) is 10.0 Å². The summed E-state index contributed by atoms with van der Waals surface area (Å²) in [5.74, 6) is -1.32. The van der Waals surface area contributed by atoms with E-state index >= 15 is 0 Å². The fraction of sp³-hybridized carbons (Fsp3) is 0. The molecule has 0 radical (unpaired) electrons. The highest BCUT2D eigenvalue weighted by Crippen LogP contribution is 2.34. The molecule has 6 heteroatoms. The molecule has 0 saturated carbocycles. The molecule has 80 valence electrons. The lowest BCUT2D eigenvalue weighted by atomic mass is 10.2. The average Bonchev–Trinajstić information content (AvgIpc) is 2.20. The predicted molar refractivity (Wildman–Crippen MR) is 62.7 cm³/mol. The summed E-state index contributed by atoms with van der Waals surface area (Å²) in [6.07, 6.45) is 0. The Morgan fingerprint density at radius 3 is 2.33 bits per heavy atom. The molecule has 15 heavy (non-hydrogen) atoms. The largest absolute Gasteiger partial charge is 0.477 e. The van der Waals surface area contributed by atoms with Crippen molar-refractivity contribution in [3.05, 3.63) is 38.8 Å². The molecule has 1 N–H and O–H groups in total. The molecule has 0 aliphatic heterocycles. The SMILES string of the molecule is O=C(O)C(Cl)=C(Cl)c1cccc(Cl)c1Cl. The maximum atomic E-state index is 10.6. The van der Waals surface area contributed by atoms with Gasteiger partial charge in [0.2, 0.25) is 0 Å². The van der Waals surface area contributed by atoms with Crippen molar-refractivity contribution in [3.63, 3.8) is 0 Å². The number of hydrogen-bond acceptors (Lipinski definition) is 1. The minimum absolute atomic E-state index is 0.142. The third-order valence-electron chi connectivity index (χ3n) is 1.57. The van der Waals surface area contributed by atoms with Crippen molar-refractivity contribution < 1.29 is 9.90 Å². The van der Waals surface area contributed by atoms with Crippen molar-refractivity contribution in [1.29, 1.82) is 0 Å². The van der Waals surface area contributed by atoms with Gasteiger partial charge in [-0.25, -0.2) is 4.79 Å². The van der Waals surface area contributed by atoms with Gasteiger partial charge in [-0.3, -0.25) is 0 Å². The standard InChI is InChI=1S/C9H4Cl4O2/c10-5-3-1-2-4(6(5)11)7(12)8(13)9(14)15/h1-3H,(H,14,15). The number of benzene rings is 1. The molecule has 0 aliphatic rings. The lowest BCUT2D eigenvalue weighted by Gasteiger charge is -2.04. The first-order chi connectivity index (χ1) is 6.95. The summed E-state index contributed by atoms with van der Waals surface area (Å²) >= 11 is 22.8. The van der Waals surface area contributed by atoms with Crippen LogP contribution in [-0.2, 0) is 4.79 Å². The van der Waals surface area contributed by atoms with Gasteiger partial charge in [-0.2, -0.15) is 0 Å². The molecule has 0 spiro atoms. The van der Waals surface area contributed by atoms with Gasteiger partial charge in [-0.15, -0.1) is 0 Å². The van der Waals surface area contributed by atoms with Crippen molar-refractivity contribution in [2.24, 2.45) is 0 Å². The maximum Gasteiger partial charge on any atom is 0.348 e. The van der Waals surface area contributed by atoms with E-state index in [4.69, 9.17) is 51.5 Å². The van der Waals surface area contributed by atoms with E-state index in [0.717, 1.165) is 0 Å². The second-order valence-electron chi connectivity index (χ2n) is 2.53. The number of carboxylic acid groups (broad SMARTS) is 1. The van der Waals surface area contributed by atoms with Crippen molar-refractivity contribution >= 4 is 57.4 Å². The van der Waals surface area contributed by atoms with Crippen molar-refractivity contribution in [1.82, 2.24) is 0 Å². The van der Waals surface area contributed by atoms with Crippen molar-refractivity contribution in [3.8, 4) is 0 Å². The Kier molecular flexibility index (Phi) is 4.29. The summed E-state index contributed by atoms with van der Waals surface area (Å²) in [5.41, 5.74) is 0.290. The third kappa shape index (κ3) is 2.79. The first kappa shape index (κ1) is 12.7. The number of aliphatic carboxylic acids is 1. The Morgan fingerprint density at radius 2 is 1.80 bits per heavy atom. The van der Waals surface area contributed by atoms with E-state index in [0.29, 0.717) is 5.56 Å². The van der Waals surface area contributed by atoms with Crippen LogP contribution >= 0.6 is 46.4 Å². The molecule has 0 bridgehead atoms. The predicted octanol–water partition coefficient (Wildman–Crippen LogP) is 4.22. The number of carbonyl (C=O) groups is 1. The third-order valence-corrected chi connectivity index (χ3v) is 3.23. The van der Waals surface area contributed by atoms with Gasteiger partial charge < -0.3 is 5.11 Å². The Morgan fingerprint density at radius 1 is 1.20 bits per heavy atom. The Bertz CT molecular complexity index is 440. The maximum absolute atomic E-state index is 10.6. The summed E-state index contributed by atoms with van der Waals surface area (Å²) in [6, 6.07) is 4.69. The fourth-order valence-corrected chi connectivity index (χ4v) is 1.67. The quantitative estimate of drug-likeness (QED) is 0.826. The smallest absolute Gasteiger partial charge is 0.348 e. The molecule has 0 fully saturated rings. The average molecular weight is 286 g/mol. The molecule has 0 heterocycles. The molecule has 0 unspecified atom stereocenters. The highest BCUT2D eigenvalue weighted by atomic mass is 35.5. The van der Waals surface area contributed by atoms with Crippen molar-refractivity contribution in [2.75, 3.05) is 0 Å². The van der Waals surface area contributed by atoms with Crippen LogP contribution in [0, 0.1) is 0 Å². The molecule has 0 atom stereocenters. The first-order valence-corrected chi connectivity index (χ1v) is 5.19. The van der Waals surface area contributed by atoms with Gasteiger partial charge in [0, 0.05) is 5.56 Å². The van der Waals surface area contributed by atoms with Crippen LogP contribution in [0.3, 0.4) is 0 Å². The number of carboxylic acids is 1. The fourth-order valence-electron chi connectivity index (χ4n) is 0.885. The molecule has 2 nitrogen and oxygen atoms in total. The Hall–Kier alpha value is -0.410. The topological polar surface area (TPSA) is 37.3 Å². The van der Waals surface area contributed by atoms with Gasteiger partial charge in [0.1, 0.15) is 5.03 Å². The van der Waals surface area contributed by atoms with Crippen LogP contribution < -0.4 is 0 Å². The normalized spacial score (nSPS) is 12.3. The second kappa shape index (κ2) is 5.08. The molecule has 0 aliphatic carbocycles. The molecule has 1 aromatic rings. The van der Waals surface area contributed by atoms with E-state index in [1.54, 1.807) is 12.1 Å². The van der Waals surface area contributed by atoms with Gasteiger partial charge in [0.25, 0.3) is 0 Å². The van der Waals surface area contributed by atoms with E-state index < -0.39 is 11.0 Å². The van der Waals surface area contributed by atoms with Gasteiger partial charge in [0.15, 0.2) is 0 Å². The summed E-state index contributed by atoms with van der Waals surface area (Å²) in [6.45, 7) is 0. The first-order valence-electron chi connectivity index (χ1n) is 3.68. The summed E-state index contributed by atoms with van der Waals surface area (Å²) in [5, 5.41) is 8.43. The van der Waals surface area contributed by atoms with Gasteiger partial charge in [-0.1, -0.05) is 58.5 Å². The Labute approximate surface area is 106 Å². The van der Waals surface area contributed by atoms with Gasteiger partial charge >= 0.3 is 5.97 Å². The molecular weight excluding hydrogens is 282 g/mol. The monoisotopic (exact) mass is 284 g/mol. The number of hydrogen-bond donors (Lipinski definition) is 1. The van der Waals surface area contributed by atoms with Crippen LogP contribution in [0.4, 0.5) is 0 Å². The molecular formula is C9H4Cl4O2. The molecule has 0 amide bonds. The highest BCUT2D eigenvalue weighted by molar-refractivity contribution is 6.60. The van der Waals surface area contributed by atoms with Crippen LogP contribution in [0.15, 0.2) is 23.2 Å². The summed E-state index contributed by atoms with van der Waals surface area (Å²) in [7, 11) is 0. The van der Waals surface area contributed by atoms with Gasteiger partial charge in [0.05, 0.1) is 15.1 Å². The summed E-state index contributed by atoms with van der Waals surface area (Å²) in [4.78, 5) is 10.6. The van der Waals surface area contributed by atoms with Crippen LogP contribution in [0.5, 0.6) is 0 Å². The van der Waals surface area contributed by atoms with Crippen LogP contribution in [0.1, 0.15) is 5.56 Å². The van der Waals surface area contributed by atoms with Crippen LogP contribution in [0.25, 0.3) is 5.03 Å². The number of halogens is 4. The van der Waals surface area contributed by atoms with Gasteiger partial charge in [-0.05, 0) is 6.07 Å². The van der Waals surface area contributed by atoms with E-state index in [9.17, 15) is 4.79 Å². The zero-order valence-corrected chi connectivity index (χ0v) is 10.1. The second-order valence-corrected chi connectivity index (χ2v) is 4.08. The highest BCUT2D eigenvalue weighted by Gasteiger charge is 2.15. The van der Waals surface area contributed by atoms with E-state index in [1.807, 2.05) is 0 Å². The number of rotatable bonds is 2. The molecule has 0 saturated heterocycles. The Balaban J connectivity index is 3.35. The molecule has 0 aromatic heterocycles. The van der Waals surface area contributed by atoms with Crippen LogP contribution in [-0.4, -0.2) is 11.1 Å². The molecule has 1 rings (SSSR count). The van der Waals surface area contributed by atoms with Crippen molar-refractivity contribution in [2.45, 2.75) is 0 Å². The van der Waals surface area contributed by atoms with E-state index in [-0.39, 0.29) is 15.1 Å². The minimum atomic E-state index is -1.32. The van der Waals surface area contributed by atoms with E-state index in [2.05, 4.69) is 0 Å². The minimum Gasteiger partial charge on any atom is -0.477 e. The van der Waals surface area contributed by atoms with E-state index in [1.165, 1.54) is 6.07 Å². The zero-order chi connectivity index (χ0) is 11.6. The zero-order valence-electron chi connectivity index (χ0n) is 7.10.